The van der Waals surface area contributed by atoms with E-state index in [-0.39, 0.29) is 0 Å². The Labute approximate surface area is 106 Å². The molecule has 0 spiro atoms. The van der Waals surface area contributed by atoms with E-state index in [4.69, 9.17) is 10.5 Å². The maximum atomic E-state index is 5.97. The minimum absolute atomic E-state index is 0.642. The number of aromatic nitrogens is 4. The standard InChI is InChI=1S/C12H17N5O/c1-3-4-7-17-12(14-15-16-17)10-8-9(18-2)5-6-11(10)13/h5-6,8H,3-4,7,13H2,1-2H3. The Bertz CT molecular complexity index is 523. The van der Waals surface area contributed by atoms with Crippen molar-refractivity contribution < 1.29 is 4.74 Å². The Morgan fingerprint density at radius 2 is 2.22 bits per heavy atom. The second kappa shape index (κ2) is 5.48. The summed E-state index contributed by atoms with van der Waals surface area (Å²) in [6.45, 7) is 2.92. The fourth-order valence-corrected chi connectivity index (χ4v) is 1.71. The molecule has 96 valence electrons. The number of hydrogen-bond acceptors (Lipinski definition) is 5. The summed E-state index contributed by atoms with van der Waals surface area (Å²) < 4.78 is 6.97. The van der Waals surface area contributed by atoms with Gasteiger partial charge in [-0.2, -0.15) is 0 Å². The van der Waals surface area contributed by atoms with Gasteiger partial charge >= 0.3 is 0 Å². The number of hydrogen-bond donors (Lipinski definition) is 1. The van der Waals surface area contributed by atoms with E-state index in [9.17, 15) is 0 Å². The molecule has 0 unspecified atom stereocenters. The number of ether oxygens (including phenoxy) is 1. The topological polar surface area (TPSA) is 78.8 Å². The van der Waals surface area contributed by atoms with Gasteiger partial charge in [-0.25, -0.2) is 4.68 Å². The second-order valence-corrected chi connectivity index (χ2v) is 4.03. The number of tetrazole rings is 1. The average molecular weight is 247 g/mol. The molecule has 0 radical (unpaired) electrons. The first-order valence-corrected chi connectivity index (χ1v) is 5.96. The molecule has 0 bridgehead atoms. The van der Waals surface area contributed by atoms with Gasteiger partial charge in [-0.05, 0) is 35.0 Å². The fourth-order valence-electron chi connectivity index (χ4n) is 1.71. The van der Waals surface area contributed by atoms with E-state index in [0.717, 1.165) is 30.7 Å². The van der Waals surface area contributed by atoms with Gasteiger partial charge in [0.2, 0.25) is 0 Å². The van der Waals surface area contributed by atoms with Gasteiger partial charge in [0.1, 0.15) is 5.75 Å². The summed E-state index contributed by atoms with van der Waals surface area (Å²) in [6.07, 6.45) is 2.12. The number of unbranched alkanes of at least 4 members (excludes halogenated alkanes) is 1. The largest absolute Gasteiger partial charge is 0.497 e. The molecule has 0 aliphatic carbocycles. The van der Waals surface area contributed by atoms with Crippen LogP contribution in [0.25, 0.3) is 11.4 Å². The molecule has 2 rings (SSSR count). The van der Waals surface area contributed by atoms with Crippen LogP contribution >= 0.6 is 0 Å². The number of anilines is 1. The summed E-state index contributed by atoms with van der Waals surface area (Å²) in [5.74, 6) is 1.42. The lowest BCUT2D eigenvalue weighted by Crippen LogP contribution is -2.04. The number of nitrogens with two attached hydrogens (primary N) is 1. The van der Waals surface area contributed by atoms with Gasteiger partial charge in [0.15, 0.2) is 5.82 Å². The van der Waals surface area contributed by atoms with Crippen molar-refractivity contribution in [1.29, 1.82) is 0 Å². The lowest BCUT2D eigenvalue weighted by molar-refractivity contribution is 0.415. The lowest BCUT2D eigenvalue weighted by atomic mass is 10.1. The number of methoxy groups -OCH3 is 1. The first kappa shape index (κ1) is 12.3. The van der Waals surface area contributed by atoms with Gasteiger partial charge in [0.05, 0.1) is 7.11 Å². The van der Waals surface area contributed by atoms with Gasteiger partial charge in [0.25, 0.3) is 0 Å². The van der Waals surface area contributed by atoms with Crippen LogP contribution < -0.4 is 10.5 Å². The number of nitrogen functional groups attached to an aromatic ring is 1. The van der Waals surface area contributed by atoms with Gasteiger partial charge in [-0.15, -0.1) is 5.10 Å². The van der Waals surface area contributed by atoms with Crippen molar-refractivity contribution in [2.24, 2.45) is 0 Å². The Morgan fingerprint density at radius 1 is 1.39 bits per heavy atom. The zero-order valence-corrected chi connectivity index (χ0v) is 10.6. The molecule has 1 aromatic heterocycles. The molecule has 0 fully saturated rings. The average Bonchev–Trinajstić information content (AvgIpc) is 2.85. The first-order chi connectivity index (χ1) is 8.76. The van der Waals surface area contributed by atoms with Crippen molar-refractivity contribution in [1.82, 2.24) is 20.2 Å². The Kier molecular flexibility index (Phi) is 3.76. The van der Waals surface area contributed by atoms with Crippen molar-refractivity contribution in [2.75, 3.05) is 12.8 Å². The van der Waals surface area contributed by atoms with E-state index < -0.39 is 0 Å². The van der Waals surface area contributed by atoms with Crippen LogP contribution in [0.4, 0.5) is 5.69 Å². The monoisotopic (exact) mass is 247 g/mol. The zero-order chi connectivity index (χ0) is 13.0. The Hall–Kier alpha value is -2.11. The highest BCUT2D eigenvalue weighted by Gasteiger charge is 2.12. The van der Waals surface area contributed by atoms with Crippen LogP contribution in [0.2, 0.25) is 0 Å². The van der Waals surface area contributed by atoms with E-state index in [0.29, 0.717) is 11.5 Å². The van der Waals surface area contributed by atoms with Crippen LogP contribution in [-0.2, 0) is 6.54 Å². The highest BCUT2D eigenvalue weighted by atomic mass is 16.5. The molecule has 1 heterocycles. The molecule has 0 aliphatic heterocycles. The minimum Gasteiger partial charge on any atom is -0.497 e. The predicted molar refractivity (Wildman–Crippen MR) is 69.1 cm³/mol. The summed E-state index contributed by atoms with van der Waals surface area (Å²) in [4.78, 5) is 0. The molecule has 6 nitrogen and oxygen atoms in total. The predicted octanol–water partition coefficient (Wildman–Crippen LogP) is 1.73. The third-order valence-corrected chi connectivity index (χ3v) is 2.76. The van der Waals surface area contributed by atoms with Crippen molar-refractivity contribution >= 4 is 5.69 Å². The van der Waals surface area contributed by atoms with Crippen molar-refractivity contribution in [3.8, 4) is 17.1 Å². The Morgan fingerprint density at radius 3 is 2.94 bits per heavy atom. The third kappa shape index (κ3) is 2.42. The molecule has 0 saturated carbocycles. The summed E-state index contributed by atoms with van der Waals surface area (Å²) in [5, 5.41) is 11.7. The highest BCUT2D eigenvalue weighted by molar-refractivity contribution is 5.72. The number of benzene rings is 1. The molecule has 0 amide bonds. The second-order valence-electron chi connectivity index (χ2n) is 4.03. The van der Waals surface area contributed by atoms with E-state index in [1.165, 1.54) is 0 Å². The van der Waals surface area contributed by atoms with Crippen LogP contribution in [0, 0.1) is 0 Å². The lowest BCUT2D eigenvalue weighted by Gasteiger charge is -2.08. The fraction of sp³-hybridized carbons (Fsp3) is 0.417. The molecular formula is C12H17N5O. The van der Waals surface area contributed by atoms with Gasteiger partial charge in [-0.1, -0.05) is 13.3 Å². The van der Waals surface area contributed by atoms with Crippen molar-refractivity contribution in [3.05, 3.63) is 18.2 Å². The minimum atomic E-state index is 0.642. The quantitative estimate of drug-likeness (QED) is 0.814. The summed E-state index contributed by atoms with van der Waals surface area (Å²) in [5.41, 5.74) is 7.41. The van der Waals surface area contributed by atoms with Crippen LogP contribution in [0.3, 0.4) is 0 Å². The normalized spacial score (nSPS) is 10.6. The third-order valence-electron chi connectivity index (χ3n) is 2.76. The van der Waals surface area contributed by atoms with Gasteiger partial charge in [-0.3, -0.25) is 0 Å². The maximum absolute atomic E-state index is 5.97. The van der Waals surface area contributed by atoms with E-state index in [2.05, 4.69) is 22.4 Å². The summed E-state index contributed by atoms with van der Waals surface area (Å²) in [6, 6.07) is 5.47. The van der Waals surface area contributed by atoms with Crippen molar-refractivity contribution in [2.45, 2.75) is 26.3 Å². The van der Waals surface area contributed by atoms with Gasteiger partial charge in [0, 0.05) is 17.8 Å². The molecule has 0 atom stereocenters. The van der Waals surface area contributed by atoms with Crippen LogP contribution in [0.1, 0.15) is 19.8 Å². The molecule has 0 saturated heterocycles. The molecule has 2 aromatic rings. The number of nitrogens with zero attached hydrogens (tertiary/aromatic N) is 4. The van der Waals surface area contributed by atoms with Crippen molar-refractivity contribution in [3.63, 3.8) is 0 Å². The zero-order valence-electron chi connectivity index (χ0n) is 10.6. The van der Waals surface area contributed by atoms with E-state index in [1.807, 2.05) is 12.1 Å². The summed E-state index contributed by atoms with van der Waals surface area (Å²) in [7, 11) is 1.62. The van der Waals surface area contributed by atoms with E-state index in [1.54, 1.807) is 17.9 Å². The molecule has 2 N–H and O–H groups in total. The van der Waals surface area contributed by atoms with E-state index >= 15 is 0 Å². The Balaban J connectivity index is 2.38. The van der Waals surface area contributed by atoms with Gasteiger partial charge < -0.3 is 10.5 Å². The maximum Gasteiger partial charge on any atom is 0.184 e. The van der Waals surface area contributed by atoms with Crippen LogP contribution in [0.5, 0.6) is 5.75 Å². The number of aryl methyl sites for hydroxylation is 1. The molecule has 1 aromatic carbocycles. The SMILES string of the molecule is CCCCn1nnnc1-c1cc(OC)ccc1N. The van der Waals surface area contributed by atoms with Crippen LogP contribution in [-0.4, -0.2) is 27.3 Å². The highest BCUT2D eigenvalue weighted by Crippen LogP contribution is 2.27. The first-order valence-electron chi connectivity index (χ1n) is 5.96. The summed E-state index contributed by atoms with van der Waals surface area (Å²) >= 11 is 0. The molecule has 18 heavy (non-hydrogen) atoms. The van der Waals surface area contributed by atoms with Crippen LogP contribution in [0.15, 0.2) is 18.2 Å². The smallest absolute Gasteiger partial charge is 0.184 e. The molecule has 0 aliphatic rings. The molecule has 6 heteroatoms. The number of rotatable bonds is 5. The molecular weight excluding hydrogens is 230 g/mol.